The maximum absolute atomic E-state index is 12.6. The summed E-state index contributed by atoms with van der Waals surface area (Å²) in [5.41, 5.74) is 4.06. The third-order valence-corrected chi connectivity index (χ3v) is 5.22. The molecule has 0 aromatic heterocycles. The quantitative estimate of drug-likeness (QED) is 0.885. The standard InChI is InChI=1S/C21H23N3O2/c1-14-6-2-3-9-17(14)18-13-19(18)20(25)23-15-7-4-8-16(12-15)24-11-5-10-22-21(24)26/h2-4,6-9,12,18-19H,5,10-11,13H2,1H3,(H,22,26)(H,23,25)/t18-,19-/m0/s1. The number of benzene rings is 2. The van der Waals surface area contributed by atoms with Crippen LogP contribution in [0.15, 0.2) is 48.5 Å². The molecular weight excluding hydrogens is 326 g/mol. The Labute approximate surface area is 153 Å². The topological polar surface area (TPSA) is 61.4 Å². The molecule has 1 aliphatic carbocycles. The average Bonchev–Trinajstić information content (AvgIpc) is 3.43. The van der Waals surface area contributed by atoms with E-state index in [9.17, 15) is 9.59 Å². The largest absolute Gasteiger partial charge is 0.338 e. The summed E-state index contributed by atoms with van der Waals surface area (Å²) in [7, 11) is 0. The van der Waals surface area contributed by atoms with Crippen LogP contribution in [0.2, 0.25) is 0 Å². The molecule has 3 amide bonds. The molecule has 1 saturated carbocycles. The first-order valence-corrected chi connectivity index (χ1v) is 9.15. The first-order chi connectivity index (χ1) is 12.6. The predicted molar refractivity (Wildman–Crippen MR) is 102 cm³/mol. The van der Waals surface area contributed by atoms with Gasteiger partial charge in [-0.1, -0.05) is 30.3 Å². The molecule has 26 heavy (non-hydrogen) atoms. The van der Waals surface area contributed by atoms with Crippen LogP contribution in [0.5, 0.6) is 0 Å². The molecule has 4 rings (SSSR count). The molecule has 0 spiro atoms. The summed E-state index contributed by atoms with van der Waals surface area (Å²) in [5.74, 6) is 0.392. The van der Waals surface area contributed by atoms with Gasteiger partial charge in [0, 0.05) is 30.4 Å². The molecule has 2 N–H and O–H groups in total. The second-order valence-electron chi connectivity index (χ2n) is 7.08. The molecule has 1 aliphatic heterocycles. The lowest BCUT2D eigenvalue weighted by Gasteiger charge is -2.27. The van der Waals surface area contributed by atoms with Crippen molar-refractivity contribution in [1.82, 2.24) is 5.32 Å². The van der Waals surface area contributed by atoms with Crippen LogP contribution in [0.4, 0.5) is 16.2 Å². The maximum atomic E-state index is 12.6. The van der Waals surface area contributed by atoms with Crippen molar-refractivity contribution in [3.8, 4) is 0 Å². The van der Waals surface area contributed by atoms with Crippen LogP contribution in [0.25, 0.3) is 0 Å². The molecule has 0 radical (unpaired) electrons. The molecule has 0 unspecified atom stereocenters. The molecule has 1 heterocycles. The fourth-order valence-electron chi connectivity index (χ4n) is 3.69. The second kappa shape index (κ2) is 6.83. The highest BCUT2D eigenvalue weighted by Crippen LogP contribution is 2.49. The number of hydrogen-bond donors (Lipinski definition) is 2. The van der Waals surface area contributed by atoms with Crippen LogP contribution >= 0.6 is 0 Å². The van der Waals surface area contributed by atoms with Gasteiger partial charge in [-0.15, -0.1) is 0 Å². The SMILES string of the molecule is Cc1ccccc1[C@@H]1C[C@@H]1C(=O)Nc1cccc(N2CCCNC2=O)c1. The molecule has 5 nitrogen and oxygen atoms in total. The minimum Gasteiger partial charge on any atom is -0.338 e. The van der Waals surface area contributed by atoms with Crippen LogP contribution in [0.1, 0.15) is 29.9 Å². The Morgan fingerprint density at radius 1 is 1.19 bits per heavy atom. The van der Waals surface area contributed by atoms with Crippen LogP contribution in [0, 0.1) is 12.8 Å². The molecule has 5 heteroatoms. The molecule has 2 aromatic carbocycles. The zero-order valence-corrected chi connectivity index (χ0v) is 14.9. The van der Waals surface area contributed by atoms with Gasteiger partial charge in [-0.3, -0.25) is 9.69 Å². The van der Waals surface area contributed by atoms with Gasteiger partial charge < -0.3 is 10.6 Å². The molecule has 0 bridgehead atoms. The second-order valence-corrected chi connectivity index (χ2v) is 7.08. The summed E-state index contributed by atoms with van der Waals surface area (Å²) < 4.78 is 0. The van der Waals surface area contributed by atoms with Crippen molar-refractivity contribution in [2.75, 3.05) is 23.3 Å². The predicted octanol–water partition coefficient (Wildman–Crippen LogP) is 3.66. The smallest absolute Gasteiger partial charge is 0.321 e. The third kappa shape index (κ3) is 3.29. The fraction of sp³-hybridized carbons (Fsp3) is 0.333. The van der Waals surface area contributed by atoms with Gasteiger partial charge in [-0.25, -0.2) is 4.79 Å². The van der Waals surface area contributed by atoms with Gasteiger partial charge in [0.2, 0.25) is 5.91 Å². The van der Waals surface area contributed by atoms with E-state index in [2.05, 4.69) is 29.7 Å². The van der Waals surface area contributed by atoms with Crippen LogP contribution < -0.4 is 15.5 Å². The van der Waals surface area contributed by atoms with Gasteiger partial charge in [0.15, 0.2) is 0 Å². The third-order valence-electron chi connectivity index (χ3n) is 5.22. The lowest BCUT2D eigenvalue weighted by molar-refractivity contribution is -0.117. The van der Waals surface area contributed by atoms with Gasteiger partial charge >= 0.3 is 6.03 Å². The lowest BCUT2D eigenvalue weighted by atomic mass is 10.0. The first kappa shape index (κ1) is 16.6. The van der Waals surface area contributed by atoms with E-state index in [1.165, 1.54) is 11.1 Å². The Morgan fingerprint density at radius 2 is 2.04 bits per heavy atom. The van der Waals surface area contributed by atoms with Gasteiger partial charge in [-0.05, 0) is 55.0 Å². The van der Waals surface area contributed by atoms with Crippen molar-refractivity contribution in [2.24, 2.45) is 5.92 Å². The Bertz CT molecular complexity index is 849. The number of nitrogens with zero attached hydrogens (tertiary/aromatic N) is 1. The maximum Gasteiger partial charge on any atom is 0.321 e. The Hall–Kier alpha value is -2.82. The Kier molecular flexibility index (Phi) is 4.37. The van der Waals surface area contributed by atoms with Gasteiger partial charge in [0.1, 0.15) is 0 Å². The molecule has 2 aliphatic rings. The van der Waals surface area contributed by atoms with E-state index in [0.717, 1.165) is 24.2 Å². The lowest BCUT2D eigenvalue weighted by Crippen LogP contribution is -2.46. The highest BCUT2D eigenvalue weighted by molar-refractivity contribution is 5.97. The Morgan fingerprint density at radius 3 is 2.85 bits per heavy atom. The van der Waals surface area contributed by atoms with Crippen molar-refractivity contribution < 1.29 is 9.59 Å². The van der Waals surface area contributed by atoms with Crippen LogP contribution in [0.3, 0.4) is 0 Å². The number of anilines is 2. The van der Waals surface area contributed by atoms with Crippen LogP contribution in [-0.4, -0.2) is 25.0 Å². The number of hydrogen-bond acceptors (Lipinski definition) is 2. The number of aryl methyl sites for hydroxylation is 1. The highest BCUT2D eigenvalue weighted by atomic mass is 16.2. The van der Waals surface area contributed by atoms with Crippen molar-refractivity contribution in [3.63, 3.8) is 0 Å². The summed E-state index contributed by atoms with van der Waals surface area (Å²) in [6, 6.07) is 15.7. The molecule has 2 atom stereocenters. The summed E-state index contributed by atoms with van der Waals surface area (Å²) in [6.07, 6.45) is 1.81. The van der Waals surface area contributed by atoms with Crippen molar-refractivity contribution in [1.29, 1.82) is 0 Å². The van der Waals surface area contributed by atoms with E-state index >= 15 is 0 Å². The zero-order valence-electron chi connectivity index (χ0n) is 14.9. The summed E-state index contributed by atoms with van der Waals surface area (Å²) in [4.78, 5) is 26.3. The van der Waals surface area contributed by atoms with Gasteiger partial charge in [-0.2, -0.15) is 0 Å². The van der Waals surface area contributed by atoms with E-state index in [4.69, 9.17) is 0 Å². The van der Waals surface area contributed by atoms with Crippen molar-refractivity contribution >= 4 is 23.3 Å². The number of nitrogens with one attached hydrogen (secondary N) is 2. The Balaban J connectivity index is 1.43. The number of urea groups is 1. The highest BCUT2D eigenvalue weighted by Gasteiger charge is 2.44. The number of amides is 3. The minimum atomic E-state index is -0.0819. The van der Waals surface area contributed by atoms with Crippen LogP contribution in [-0.2, 0) is 4.79 Å². The fourth-order valence-corrected chi connectivity index (χ4v) is 3.69. The van der Waals surface area contributed by atoms with Gasteiger partial charge in [0.25, 0.3) is 0 Å². The molecule has 1 saturated heterocycles. The summed E-state index contributed by atoms with van der Waals surface area (Å²) in [6.45, 7) is 3.50. The summed E-state index contributed by atoms with van der Waals surface area (Å²) >= 11 is 0. The van der Waals surface area contributed by atoms with Crippen molar-refractivity contribution in [3.05, 3.63) is 59.7 Å². The minimum absolute atomic E-state index is 0.0260. The van der Waals surface area contributed by atoms with E-state index in [1.807, 2.05) is 36.4 Å². The zero-order chi connectivity index (χ0) is 18.1. The normalized spacial score (nSPS) is 21.9. The first-order valence-electron chi connectivity index (χ1n) is 9.15. The number of rotatable bonds is 4. The monoisotopic (exact) mass is 349 g/mol. The summed E-state index contributed by atoms with van der Waals surface area (Å²) in [5, 5.41) is 5.87. The van der Waals surface area contributed by atoms with E-state index in [-0.39, 0.29) is 17.9 Å². The molecule has 2 aromatic rings. The number of carbonyl (C=O) groups excluding carboxylic acids is 2. The van der Waals surface area contributed by atoms with Crippen molar-refractivity contribution in [2.45, 2.75) is 25.7 Å². The number of carbonyl (C=O) groups is 2. The molecule has 2 fully saturated rings. The van der Waals surface area contributed by atoms with E-state index < -0.39 is 0 Å². The average molecular weight is 349 g/mol. The van der Waals surface area contributed by atoms with E-state index in [0.29, 0.717) is 19.0 Å². The molecular formula is C21H23N3O2. The van der Waals surface area contributed by atoms with E-state index in [1.54, 1.807) is 4.90 Å². The van der Waals surface area contributed by atoms with Gasteiger partial charge in [0.05, 0.1) is 0 Å². The molecule has 134 valence electrons.